The van der Waals surface area contributed by atoms with Crippen molar-refractivity contribution in [2.45, 2.75) is 2.22 Å². The zero-order valence-electron chi connectivity index (χ0n) is 6.40. The quantitative estimate of drug-likeness (QED) is 0.453. The van der Waals surface area contributed by atoms with Crippen LogP contribution < -0.4 is 3.07 Å². The Labute approximate surface area is 93.5 Å². The molecule has 0 aromatic heterocycles. The van der Waals surface area contributed by atoms with Gasteiger partial charge in [-0.3, -0.25) is 0 Å². The molecule has 0 fully saturated rings. The molecular weight excluding hydrogens is 378 g/mol. The molecule has 0 heterocycles. The molecule has 1 aromatic carbocycles. The minimum atomic E-state index is -1.23. The summed E-state index contributed by atoms with van der Waals surface area (Å²) >= 11 is 5.92. The molecule has 1 unspecified atom stereocenters. The molecule has 1 nitrogen and oxygen atoms in total. The number of nitrogens with zero attached hydrogens (tertiary/aromatic N) is 1. The zero-order valence-corrected chi connectivity index (χ0v) is 13.5. The van der Waals surface area contributed by atoms with E-state index in [0.717, 1.165) is 0 Å². The molecule has 0 amide bonds. The van der Waals surface area contributed by atoms with E-state index >= 15 is 0 Å². The van der Waals surface area contributed by atoms with Crippen LogP contribution in [-0.2, 0) is 24.6 Å². The predicted molar refractivity (Wildman–Crippen MR) is 48.9 cm³/mol. The van der Waals surface area contributed by atoms with Gasteiger partial charge in [0.2, 0.25) is 0 Å². The third kappa shape index (κ3) is 3.80. The van der Waals surface area contributed by atoms with Gasteiger partial charge in [0.1, 0.15) is 0 Å². The topological polar surface area (TPSA) is 23.8 Å². The summed E-state index contributed by atoms with van der Waals surface area (Å²) < 4.78 is 1.47. The summed E-state index contributed by atoms with van der Waals surface area (Å²) in [6.07, 6.45) is 0. The molecule has 0 radical (unpaired) electrons. The number of hydrogen-bond acceptors (Lipinski definition) is 2. The minimum absolute atomic E-state index is 0.0809. The fourth-order valence-electron chi connectivity index (χ4n) is 0.898. The average Bonchev–Trinajstić information content (AvgIpc) is 2.06. The molecular formula is C8H6ClHgNS. The van der Waals surface area contributed by atoms with Crippen molar-refractivity contribution < 1.29 is 24.6 Å². The predicted octanol–water partition coefficient (Wildman–Crippen LogP) is 2.13. The van der Waals surface area contributed by atoms with Gasteiger partial charge < -0.3 is 0 Å². The van der Waals surface area contributed by atoms with Crippen LogP contribution in [0.4, 0.5) is 0 Å². The molecule has 0 aliphatic carbocycles. The van der Waals surface area contributed by atoms with Crippen molar-refractivity contribution in [2.24, 2.45) is 0 Å². The molecule has 1 atom stereocenters. The van der Waals surface area contributed by atoms with Gasteiger partial charge in [-0.1, -0.05) is 0 Å². The van der Waals surface area contributed by atoms with Gasteiger partial charge in [0.05, 0.1) is 0 Å². The molecule has 0 aliphatic heterocycles. The molecule has 4 heteroatoms. The molecule has 0 bridgehead atoms. The van der Waals surface area contributed by atoms with Crippen LogP contribution in [-0.4, -0.2) is 2.22 Å². The van der Waals surface area contributed by atoms with Crippen molar-refractivity contribution in [1.29, 1.82) is 5.26 Å². The first kappa shape index (κ1) is 10.4. The SMILES string of the molecule is N#CS[CH](Cl)[Hg][c]1ccccc1. The first-order chi connectivity index (χ1) is 5.83. The van der Waals surface area contributed by atoms with E-state index in [1.54, 1.807) is 0 Å². The second-order valence-electron chi connectivity index (χ2n) is 2.31. The number of benzene rings is 1. The van der Waals surface area contributed by atoms with E-state index in [-0.39, 0.29) is 2.22 Å². The van der Waals surface area contributed by atoms with E-state index in [0.29, 0.717) is 0 Å². The summed E-state index contributed by atoms with van der Waals surface area (Å²) in [6.45, 7) is 0. The number of alkyl halides is 1. The fourth-order valence-corrected chi connectivity index (χ4v) is 9.87. The van der Waals surface area contributed by atoms with E-state index in [4.69, 9.17) is 16.9 Å². The molecule has 1 aromatic rings. The number of nitriles is 1. The van der Waals surface area contributed by atoms with Crippen LogP contribution in [0.3, 0.4) is 0 Å². The van der Waals surface area contributed by atoms with Gasteiger partial charge in [-0.15, -0.1) is 0 Å². The van der Waals surface area contributed by atoms with Crippen molar-refractivity contribution in [2.75, 3.05) is 0 Å². The average molecular weight is 384 g/mol. The second-order valence-corrected chi connectivity index (χ2v) is 16.3. The van der Waals surface area contributed by atoms with Gasteiger partial charge >= 0.3 is 94.2 Å². The molecule has 0 N–H and O–H groups in total. The zero-order chi connectivity index (χ0) is 8.81. The fraction of sp³-hybridized carbons (Fsp3) is 0.125. The van der Waals surface area contributed by atoms with Gasteiger partial charge in [0.25, 0.3) is 0 Å². The van der Waals surface area contributed by atoms with E-state index < -0.39 is 24.6 Å². The summed E-state index contributed by atoms with van der Waals surface area (Å²) in [4.78, 5) is 0. The Morgan fingerprint density at radius 1 is 1.42 bits per heavy atom. The first-order valence-electron chi connectivity index (χ1n) is 3.55. The maximum atomic E-state index is 8.38. The molecule has 0 aliphatic rings. The molecule has 58 valence electrons. The Bertz CT molecular complexity index is 272. The number of thiocyanates is 1. The van der Waals surface area contributed by atoms with Crippen LogP contribution in [0.1, 0.15) is 0 Å². The Morgan fingerprint density at radius 3 is 2.67 bits per heavy atom. The van der Waals surface area contributed by atoms with Crippen molar-refractivity contribution in [3.63, 3.8) is 0 Å². The van der Waals surface area contributed by atoms with Crippen LogP contribution in [0.15, 0.2) is 30.3 Å². The van der Waals surface area contributed by atoms with Crippen molar-refractivity contribution in [1.82, 2.24) is 0 Å². The summed E-state index contributed by atoms with van der Waals surface area (Å²) in [5, 5.41) is 10.4. The van der Waals surface area contributed by atoms with E-state index in [2.05, 4.69) is 12.1 Å². The van der Waals surface area contributed by atoms with Crippen molar-refractivity contribution in [3.05, 3.63) is 30.3 Å². The van der Waals surface area contributed by atoms with Gasteiger partial charge in [0, 0.05) is 0 Å². The Balaban J connectivity index is 2.48. The number of rotatable bonds is 3. The Hall–Kier alpha value is 0.285. The summed E-state index contributed by atoms with van der Waals surface area (Å²) in [7, 11) is 0. The number of halogens is 1. The summed E-state index contributed by atoms with van der Waals surface area (Å²) in [6, 6.07) is 10.3. The van der Waals surface area contributed by atoms with Gasteiger partial charge in [0.15, 0.2) is 0 Å². The van der Waals surface area contributed by atoms with Crippen molar-refractivity contribution in [3.8, 4) is 5.40 Å². The second kappa shape index (κ2) is 5.85. The van der Waals surface area contributed by atoms with Crippen LogP contribution >= 0.6 is 23.4 Å². The van der Waals surface area contributed by atoms with Crippen LogP contribution in [0.5, 0.6) is 0 Å². The molecule has 0 saturated heterocycles. The Kier molecular flexibility index (Phi) is 5.05. The van der Waals surface area contributed by atoms with Crippen LogP contribution in [0, 0.1) is 10.7 Å². The van der Waals surface area contributed by atoms with Gasteiger partial charge in [-0.2, -0.15) is 0 Å². The Morgan fingerprint density at radius 2 is 2.08 bits per heavy atom. The maximum absolute atomic E-state index is 8.38. The summed E-state index contributed by atoms with van der Waals surface area (Å²) in [5.41, 5.74) is 0. The van der Waals surface area contributed by atoms with E-state index in [1.807, 2.05) is 23.6 Å². The van der Waals surface area contributed by atoms with Crippen LogP contribution in [0.2, 0.25) is 0 Å². The molecule has 1 rings (SSSR count). The molecule has 12 heavy (non-hydrogen) atoms. The van der Waals surface area contributed by atoms with Gasteiger partial charge in [-0.05, 0) is 0 Å². The first-order valence-corrected chi connectivity index (χ1v) is 10.8. The normalized spacial score (nSPS) is 11.3. The van der Waals surface area contributed by atoms with Gasteiger partial charge in [-0.25, -0.2) is 0 Å². The standard InChI is InChI=1S/C6H5.C2HClNS.Hg/c1-2-4-6-5-3-1;3-1-5-2-4;/h1-5H;1H;. The van der Waals surface area contributed by atoms with E-state index in [1.165, 1.54) is 14.8 Å². The number of hydrogen-bond donors (Lipinski definition) is 0. The molecule has 0 saturated carbocycles. The third-order valence-electron chi connectivity index (χ3n) is 1.42. The summed E-state index contributed by atoms with van der Waals surface area (Å²) in [5.74, 6) is 0. The van der Waals surface area contributed by atoms with E-state index in [9.17, 15) is 0 Å². The van der Waals surface area contributed by atoms with Crippen molar-refractivity contribution >= 4 is 26.4 Å². The van der Waals surface area contributed by atoms with Crippen LogP contribution in [0.25, 0.3) is 0 Å². The monoisotopic (exact) mass is 385 g/mol. The third-order valence-corrected chi connectivity index (χ3v) is 11.7. The number of thioether (sulfide) groups is 1. The molecule has 0 spiro atoms.